The Morgan fingerprint density at radius 2 is 1.49 bits per heavy atom. The van der Waals surface area contributed by atoms with Gasteiger partial charge in [0.1, 0.15) is 18.7 Å². The number of quaternary nitrogens is 1. The molecule has 41 heavy (non-hydrogen) atoms. The Bertz CT molecular complexity index is 1190. The van der Waals surface area contributed by atoms with Crippen LogP contribution in [0.4, 0.5) is 5.69 Å². The molecule has 2 rings (SSSR count). The third kappa shape index (κ3) is 14.5. The van der Waals surface area contributed by atoms with E-state index in [2.05, 4.69) is 12.2 Å². The van der Waals surface area contributed by atoms with Gasteiger partial charge in [-0.3, -0.25) is 9.36 Å². The fourth-order valence-corrected chi connectivity index (χ4v) is 5.36. The number of hydrogen-bond donors (Lipinski definition) is 1. The van der Waals surface area contributed by atoms with Crippen molar-refractivity contribution < 1.29 is 32.2 Å². The van der Waals surface area contributed by atoms with Gasteiger partial charge < -0.3 is 28.2 Å². The van der Waals surface area contributed by atoms with Gasteiger partial charge >= 0.3 is 13.4 Å². The average Bonchev–Trinajstić information content (AvgIpc) is 2.86. The number of anilines is 1. The van der Waals surface area contributed by atoms with E-state index in [9.17, 15) is 19.0 Å². The lowest BCUT2D eigenvalue weighted by Gasteiger charge is -2.28. The van der Waals surface area contributed by atoms with Crippen molar-refractivity contribution in [2.24, 2.45) is 0 Å². The standard InChI is InChI=1S/C31H51N2O7P/c1-6-7-8-9-10-11-12-13-14-15-16-17-18-19-30(34)32-27-23-26-25(2)22-31(35)39-28(26)24-29(27)40-41(36,37)38-21-20-33(3,4)5/h22-24H,6-21H2,1-5H3,(H-,32,34,36,37). The predicted molar refractivity (Wildman–Crippen MR) is 163 cm³/mol. The highest BCUT2D eigenvalue weighted by molar-refractivity contribution is 7.46. The molecule has 1 atom stereocenters. The number of amides is 1. The van der Waals surface area contributed by atoms with Crippen LogP contribution in [0.15, 0.2) is 27.4 Å². The van der Waals surface area contributed by atoms with Gasteiger partial charge in [-0.25, -0.2) is 4.79 Å². The number of rotatable bonds is 21. The van der Waals surface area contributed by atoms with Crippen LogP contribution >= 0.6 is 7.82 Å². The maximum Gasteiger partial charge on any atom is 0.336 e. The molecule has 9 nitrogen and oxygen atoms in total. The van der Waals surface area contributed by atoms with E-state index in [1.54, 1.807) is 13.0 Å². The van der Waals surface area contributed by atoms with Crippen molar-refractivity contribution in [1.29, 1.82) is 0 Å². The lowest BCUT2D eigenvalue weighted by molar-refractivity contribution is -0.870. The molecule has 1 amide bonds. The van der Waals surface area contributed by atoms with E-state index in [1.165, 1.54) is 76.3 Å². The van der Waals surface area contributed by atoms with E-state index < -0.39 is 13.4 Å². The highest BCUT2D eigenvalue weighted by Gasteiger charge is 2.20. The van der Waals surface area contributed by atoms with Gasteiger partial charge in [-0.15, -0.1) is 0 Å². The molecule has 0 fully saturated rings. The minimum Gasteiger partial charge on any atom is -0.746 e. The van der Waals surface area contributed by atoms with Crippen LogP contribution in [0, 0.1) is 6.92 Å². The monoisotopic (exact) mass is 594 g/mol. The summed E-state index contributed by atoms with van der Waals surface area (Å²) in [6.45, 7) is 4.37. The molecule has 0 saturated heterocycles. The van der Waals surface area contributed by atoms with Crippen LogP contribution in [-0.2, 0) is 13.9 Å². The van der Waals surface area contributed by atoms with Gasteiger partial charge in [-0.05, 0) is 25.0 Å². The van der Waals surface area contributed by atoms with Crippen molar-refractivity contribution >= 4 is 30.4 Å². The number of likely N-dealkylation sites (N-methyl/N-ethyl adjacent to an activating group) is 1. The van der Waals surface area contributed by atoms with Crippen LogP contribution in [0.3, 0.4) is 0 Å². The maximum atomic E-state index is 12.8. The first-order valence-electron chi connectivity index (χ1n) is 15.2. The van der Waals surface area contributed by atoms with E-state index in [1.807, 2.05) is 21.1 Å². The highest BCUT2D eigenvalue weighted by Crippen LogP contribution is 2.44. The van der Waals surface area contributed by atoms with Crippen LogP contribution in [0.5, 0.6) is 5.75 Å². The fourth-order valence-electron chi connectivity index (χ4n) is 4.61. The van der Waals surface area contributed by atoms with Gasteiger partial charge in [0.2, 0.25) is 5.91 Å². The second-order valence-electron chi connectivity index (χ2n) is 12.0. The first-order valence-corrected chi connectivity index (χ1v) is 16.7. The van der Waals surface area contributed by atoms with Gasteiger partial charge in [-0.2, -0.15) is 0 Å². The number of nitrogens with one attached hydrogen (secondary N) is 1. The second kappa shape index (κ2) is 17.7. The van der Waals surface area contributed by atoms with Crippen molar-refractivity contribution in [1.82, 2.24) is 0 Å². The highest BCUT2D eigenvalue weighted by atomic mass is 31.2. The van der Waals surface area contributed by atoms with E-state index in [0.29, 0.717) is 28.4 Å². The zero-order chi connectivity index (χ0) is 30.3. The number of phosphoric ester groups is 1. The molecule has 1 unspecified atom stereocenters. The SMILES string of the molecule is CCCCCCCCCCCCCCCC(=O)Nc1cc2c(C)cc(=O)oc2cc1OP(=O)([O-])OCC[N+](C)(C)C. The molecule has 232 valence electrons. The summed E-state index contributed by atoms with van der Waals surface area (Å²) in [6, 6.07) is 4.21. The lowest BCUT2D eigenvalue weighted by atomic mass is 10.0. The van der Waals surface area contributed by atoms with Crippen LogP contribution in [0.25, 0.3) is 11.0 Å². The number of nitrogens with zero attached hydrogens (tertiary/aromatic N) is 1. The molecule has 1 aromatic heterocycles. The van der Waals surface area contributed by atoms with E-state index in [-0.39, 0.29) is 29.5 Å². The van der Waals surface area contributed by atoms with E-state index >= 15 is 0 Å². The summed E-state index contributed by atoms with van der Waals surface area (Å²) in [6.07, 6.45) is 16.2. The Morgan fingerprint density at radius 3 is 2.05 bits per heavy atom. The number of carbonyl (C=O) groups is 1. The lowest BCUT2D eigenvalue weighted by Crippen LogP contribution is -2.37. The molecular formula is C31H51N2O7P. The molecular weight excluding hydrogens is 543 g/mol. The fraction of sp³-hybridized carbons (Fsp3) is 0.677. The van der Waals surface area contributed by atoms with E-state index in [4.69, 9.17) is 13.5 Å². The summed E-state index contributed by atoms with van der Waals surface area (Å²) < 4.78 is 28.6. The third-order valence-corrected chi connectivity index (χ3v) is 7.97. The van der Waals surface area contributed by atoms with Crippen molar-refractivity contribution in [3.8, 4) is 5.75 Å². The van der Waals surface area contributed by atoms with Crippen molar-refractivity contribution in [3.63, 3.8) is 0 Å². The van der Waals surface area contributed by atoms with Crippen LogP contribution < -0.4 is 20.4 Å². The summed E-state index contributed by atoms with van der Waals surface area (Å²) in [5, 5.41) is 3.36. The van der Waals surface area contributed by atoms with Crippen molar-refractivity contribution in [2.45, 2.75) is 104 Å². The molecule has 0 aliphatic rings. The van der Waals surface area contributed by atoms with Gasteiger partial charge in [0, 0.05) is 23.9 Å². The summed E-state index contributed by atoms with van der Waals surface area (Å²) in [5.74, 6) is -0.396. The van der Waals surface area contributed by atoms with E-state index in [0.717, 1.165) is 19.3 Å². The van der Waals surface area contributed by atoms with Gasteiger partial charge in [-0.1, -0.05) is 84.0 Å². The predicted octanol–water partition coefficient (Wildman–Crippen LogP) is 7.09. The largest absolute Gasteiger partial charge is 0.746 e. The molecule has 0 bridgehead atoms. The topological polar surface area (TPSA) is 118 Å². The molecule has 0 aliphatic heterocycles. The van der Waals surface area contributed by atoms with Crippen molar-refractivity contribution in [2.75, 3.05) is 39.6 Å². The Labute approximate surface area is 245 Å². The zero-order valence-corrected chi connectivity index (χ0v) is 26.7. The zero-order valence-electron chi connectivity index (χ0n) is 25.8. The van der Waals surface area contributed by atoms with Gasteiger partial charge in [0.15, 0.2) is 5.75 Å². The van der Waals surface area contributed by atoms with Crippen LogP contribution in [0.2, 0.25) is 0 Å². The smallest absolute Gasteiger partial charge is 0.336 e. The van der Waals surface area contributed by atoms with Gasteiger partial charge in [0.25, 0.3) is 0 Å². The number of carbonyl (C=O) groups excluding carboxylic acids is 1. The molecule has 0 radical (unpaired) electrons. The number of unbranched alkanes of at least 4 members (excludes halogenated alkanes) is 12. The third-order valence-electron chi connectivity index (χ3n) is 7.05. The Kier molecular flexibility index (Phi) is 15.1. The summed E-state index contributed by atoms with van der Waals surface area (Å²) in [7, 11) is 0.991. The molecule has 10 heteroatoms. The maximum absolute atomic E-state index is 12.8. The first kappa shape index (κ1) is 35.0. The molecule has 2 aromatic rings. The number of phosphoric acid groups is 1. The quantitative estimate of drug-likeness (QED) is 0.0709. The summed E-state index contributed by atoms with van der Waals surface area (Å²) in [5.41, 5.74) is 0.412. The minimum atomic E-state index is -4.75. The Balaban J connectivity index is 1.88. The molecule has 0 spiro atoms. The molecule has 1 heterocycles. The molecule has 1 N–H and O–H groups in total. The molecule has 0 saturated carbocycles. The number of fused-ring (bicyclic) bond motifs is 1. The first-order chi connectivity index (χ1) is 19.4. The Morgan fingerprint density at radius 1 is 0.927 bits per heavy atom. The van der Waals surface area contributed by atoms with Crippen molar-refractivity contribution in [3.05, 3.63) is 34.2 Å². The molecule has 1 aromatic carbocycles. The number of benzene rings is 1. The minimum absolute atomic E-state index is 0.0627. The normalized spacial score (nSPS) is 13.3. The number of aryl methyl sites for hydroxylation is 1. The van der Waals surface area contributed by atoms with Crippen LogP contribution in [0.1, 0.15) is 102 Å². The number of hydrogen-bond acceptors (Lipinski definition) is 7. The Hall–Kier alpha value is -2.19. The summed E-state index contributed by atoms with van der Waals surface area (Å²) in [4.78, 5) is 37.2. The molecule has 0 aliphatic carbocycles. The second-order valence-corrected chi connectivity index (χ2v) is 13.4. The summed E-state index contributed by atoms with van der Waals surface area (Å²) >= 11 is 0. The average molecular weight is 595 g/mol. The van der Waals surface area contributed by atoms with Crippen LogP contribution in [-0.4, -0.2) is 44.7 Å². The van der Waals surface area contributed by atoms with Gasteiger partial charge in [0.05, 0.1) is 26.8 Å².